The molecule has 7 heteroatoms. The van der Waals surface area contributed by atoms with E-state index in [1.54, 1.807) is 60.7 Å². The third-order valence-corrected chi connectivity index (χ3v) is 5.41. The molecule has 1 aliphatic rings. The lowest BCUT2D eigenvalue weighted by atomic mass is 10.0. The van der Waals surface area contributed by atoms with E-state index in [1.807, 2.05) is 12.1 Å². The van der Waals surface area contributed by atoms with Crippen LogP contribution in [-0.4, -0.2) is 11.7 Å². The van der Waals surface area contributed by atoms with Crippen LogP contribution in [0.25, 0.3) is 6.08 Å². The third-order valence-electron chi connectivity index (χ3n) is 4.45. The molecule has 0 radical (unpaired) electrons. The van der Waals surface area contributed by atoms with Gasteiger partial charge in [0.2, 0.25) is 0 Å². The number of ether oxygens (including phenoxy) is 1. The van der Waals surface area contributed by atoms with Crippen LogP contribution in [0.2, 0.25) is 15.1 Å². The Balaban J connectivity index is 1.50. The zero-order valence-electron chi connectivity index (χ0n) is 15.4. The Bertz CT molecular complexity index is 1130. The summed E-state index contributed by atoms with van der Waals surface area (Å²) in [6.45, 7) is 0.249. The van der Waals surface area contributed by atoms with Gasteiger partial charge in [0, 0.05) is 26.2 Å². The molecule has 0 amide bonds. The first-order valence-electron chi connectivity index (χ1n) is 8.94. The number of carbonyl (C=O) groups excluding carboxylic acids is 1. The molecule has 0 aliphatic carbocycles. The monoisotopic (exact) mass is 457 g/mol. The van der Waals surface area contributed by atoms with Crippen LogP contribution in [0.5, 0.6) is 5.75 Å². The molecule has 0 saturated heterocycles. The normalized spacial score (nSPS) is 14.6. The van der Waals surface area contributed by atoms with Gasteiger partial charge in [0.05, 0.1) is 5.57 Å². The first-order chi connectivity index (χ1) is 14.5. The van der Waals surface area contributed by atoms with Gasteiger partial charge in [0.15, 0.2) is 0 Å². The summed E-state index contributed by atoms with van der Waals surface area (Å²) in [5, 5.41) is 5.60. The van der Waals surface area contributed by atoms with Gasteiger partial charge in [-0.1, -0.05) is 70.3 Å². The van der Waals surface area contributed by atoms with Crippen LogP contribution in [-0.2, 0) is 16.2 Å². The van der Waals surface area contributed by atoms with Gasteiger partial charge in [-0.15, -0.1) is 0 Å². The Labute approximate surface area is 188 Å². The topological polar surface area (TPSA) is 47.9 Å². The maximum atomic E-state index is 12.1. The first-order valence-corrected chi connectivity index (χ1v) is 10.1. The summed E-state index contributed by atoms with van der Waals surface area (Å²) in [6, 6.07) is 19.6. The van der Waals surface area contributed by atoms with Crippen LogP contribution in [0.3, 0.4) is 0 Å². The Morgan fingerprint density at radius 3 is 2.23 bits per heavy atom. The van der Waals surface area contributed by atoms with Crippen LogP contribution in [0.15, 0.2) is 77.5 Å². The van der Waals surface area contributed by atoms with Gasteiger partial charge in [-0.05, 0) is 48.0 Å². The summed E-state index contributed by atoms with van der Waals surface area (Å²) in [7, 11) is 0. The van der Waals surface area contributed by atoms with Crippen molar-refractivity contribution in [2.45, 2.75) is 6.61 Å². The van der Waals surface area contributed by atoms with Crippen molar-refractivity contribution in [1.29, 1.82) is 0 Å². The quantitative estimate of drug-likeness (QED) is 0.321. The molecule has 0 bridgehead atoms. The van der Waals surface area contributed by atoms with Gasteiger partial charge in [0.25, 0.3) is 0 Å². The van der Waals surface area contributed by atoms with E-state index in [4.69, 9.17) is 44.4 Å². The second-order valence-electron chi connectivity index (χ2n) is 6.44. The fourth-order valence-corrected chi connectivity index (χ4v) is 3.51. The maximum Gasteiger partial charge on any atom is 0.368 e. The summed E-state index contributed by atoms with van der Waals surface area (Å²) < 4.78 is 5.78. The number of hydrogen-bond acceptors (Lipinski definition) is 4. The van der Waals surface area contributed by atoms with Gasteiger partial charge < -0.3 is 9.57 Å². The summed E-state index contributed by atoms with van der Waals surface area (Å²) in [5.41, 5.74) is 3.10. The molecule has 1 heterocycles. The Hall–Kier alpha value is -2.79. The SMILES string of the molecule is O=C1ON=C(c2ccc(Cl)cc2)/C1=C/c1ccc(OCc2c(Cl)cccc2Cl)cc1. The number of halogens is 3. The highest BCUT2D eigenvalue weighted by Crippen LogP contribution is 2.27. The van der Waals surface area contributed by atoms with E-state index in [0.717, 1.165) is 16.7 Å². The average Bonchev–Trinajstić information content (AvgIpc) is 3.10. The van der Waals surface area contributed by atoms with Gasteiger partial charge in [-0.2, -0.15) is 0 Å². The van der Waals surface area contributed by atoms with Crippen molar-refractivity contribution in [3.63, 3.8) is 0 Å². The van der Waals surface area contributed by atoms with E-state index >= 15 is 0 Å². The van der Waals surface area contributed by atoms with Gasteiger partial charge in [0.1, 0.15) is 18.1 Å². The van der Waals surface area contributed by atoms with Crippen molar-refractivity contribution < 1.29 is 14.4 Å². The smallest absolute Gasteiger partial charge is 0.368 e. The second-order valence-corrected chi connectivity index (χ2v) is 7.69. The highest BCUT2D eigenvalue weighted by Gasteiger charge is 2.26. The minimum Gasteiger partial charge on any atom is -0.489 e. The molecule has 0 unspecified atom stereocenters. The maximum absolute atomic E-state index is 12.1. The molecule has 0 saturated carbocycles. The molecule has 4 nitrogen and oxygen atoms in total. The van der Waals surface area contributed by atoms with E-state index in [9.17, 15) is 4.79 Å². The van der Waals surface area contributed by atoms with Crippen LogP contribution < -0.4 is 4.74 Å². The van der Waals surface area contributed by atoms with Gasteiger partial charge >= 0.3 is 5.97 Å². The standard InChI is InChI=1S/C23H14Cl3NO3/c24-16-8-6-15(7-9-16)22-18(23(28)30-27-22)12-14-4-10-17(11-5-14)29-13-19-20(25)2-1-3-21(19)26/h1-12H,13H2/b18-12-. The third kappa shape index (κ3) is 4.51. The van der Waals surface area contributed by atoms with E-state index in [-0.39, 0.29) is 6.61 Å². The zero-order valence-corrected chi connectivity index (χ0v) is 17.7. The second kappa shape index (κ2) is 8.92. The van der Waals surface area contributed by atoms with Crippen molar-refractivity contribution in [1.82, 2.24) is 0 Å². The summed E-state index contributed by atoms with van der Waals surface area (Å²) >= 11 is 18.3. The molecule has 150 valence electrons. The lowest BCUT2D eigenvalue weighted by Gasteiger charge is -2.09. The minimum atomic E-state index is -0.506. The number of nitrogens with zero attached hydrogens (tertiary/aromatic N) is 1. The fourth-order valence-electron chi connectivity index (χ4n) is 2.88. The summed E-state index contributed by atoms with van der Waals surface area (Å²) in [6.07, 6.45) is 1.72. The lowest BCUT2D eigenvalue weighted by Crippen LogP contribution is -2.06. The Morgan fingerprint density at radius 2 is 1.57 bits per heavy atom. The van der Waals surface area contributed by atoms with Crippen LogP contribution in [0, 0.1) is 0 Å². The molecule has 0 fully saturated rings. The van der Waals surface area contributed by atoms with E-state index in [2.05, 4.69) is 5.16 Å². The van der Waals surface area contributed by atoms with Crippen molar-refractivity contribution in [2.75, 3.05) is 0 Å². The molecule has 0 atom stereocenters. The number of benzene rings is 3. The zero-order chi connectivity index (χ0) is 21.1. The van der Waals surface area contributed by atoms with E-state index in [1.165, 1.54) is 0 Å². The fraction of sp³-hybridized carbons (Fsp3) is 0.0435. The summed E-state index contributed by atoms with van der Waals surface area (Å²) in [4.78, 5) is 17.0. The van der Waals surface area contributed by atoms with Crippen LogP contribution in [0.4, 0.5) is 0 Å². The van der Waals surface area contributed by atoms with Crippen molar-refractivity contribution in [3.8, 4) is 5.75 Å². The first kappa shape index (κ1) is 20.5. The predicted octanol–water partition coefficient (Wildman–Crippen LogP) is 6.57. The number of rotatable bonds is 5. The molecular formula is C23H14Cl3NO3. The van der Waals surface area contributed by atoms with Gasteiger partial charge in [-0.3, -0.25) is 0 Å². The predicted molar refractivity (Wildman–Crippen MR) is 119 cm³/mol. The average molecular weight is 459 g/mol. The van der Waals surface area contributed by atoms with Gasteiger partial charge in [-0.25, -0.2) is 4.79 Å². The molecule has 4 rings (SSSR count). The highest BCUT2D eigenvalue weighted by atomic mass is 35.5. The molecule has 30 heavy (non-hydrogen) atoms. The molecule has 0 N–H and O–H groups in total. The Morgan fingerprint density at radius 1 is 0.900 bits per heavy atom. The molecule has 1 aliphatic heterocycles. The molecule has 0 aromatic heterocycles. The van der Waals surface area contributed by atoms with E-state index < -0.39 is 5.97 Å². The van der Waals surface area contributed by atoms with Crippen molar-refractivity contribution >= 4 is 52.6 Å². The molecule has 3 aromatic carbocycles. The lowest BCUT2D eigenvalue weighted by molar-refractivity contribution is -0.136. The largest absolute Gasteiger partial charge is 0.489 e. The number of hydrogen-bond donors (Lipinski definition) is 0. The molecular weight excluding hydrogens is 445 g/mol. The van der Waals surface area contributed by atoms with Crippen LogP contribution >= 0.6 is 34.8 Å². The number of oxime groups is 1. The van der Waals surface area contributed by atoms with Crippen LogP contribution in [0.1, 0.15) is 16.7 Å². The molecule has 0 spiro atoms. The summed E-state index contributed by atoms with van der Waals surface area (Å²) in [5.74, 6) is 0.141. The minimum absolute atomic E-state index is 0.249. The van der Waals surface area contributed by atoms with E-state index in [0.29, 0.717) is 32.1 Å². The molecule has 3 aromatic rings. The Kier molecular flexibility index (Phi) is 6.09. The van der Waals surface area contributed by atoms with Crippen molar-refractivity contribution in [3.05, 3.63) is 104 Å². The highest BCUT2D eigenvalue weighted by molar-refractivity contribution is 6.36. The number of carbonyl (C=O) groups is 1. The van der Waals surface area contributed by atoms with Crippen molar-refractivity contribution in [2.24, 2.45) is 5.16 Å².